The molecule has 0 N–H and O–H groups in total. The molecule has 176 valence electrons. The second kappa shape index (κ2) is 11.4. The van der Waals surface area contributed by atoms with Gasteiger partial charge < -0.3 is 9.26 Å². The minimum atomic E-state index is -0.206. The summed E-state index contributed by atoms with van der Waals surface area (Å²) in [6.07, 6.45) is 4.43. The van der Waals surface area contributed by atoms with Gasteiger partial charge in [0.05, 0.1) is 12.8 Å². The molecule has 0 aliphatic heterocycles. The molecule has 2 rings (SSSR count). The van der Waals surface area contributed by atoms with E-state index in [-0.39, 0.29) is 17.7 Å². The van der Waals surface area contributed by atoms with Crippen LogP contribution in [0.3, 0.4) is 0 Å². The molecule has 0 aliphatic carbocycles. The summed E-state index contributed by atoms with van der Waals surface area (Å²) in [6, 6.07) is 0. The van der Waals surface area contributed by atoms with E-state index in [2.05, 4.69) is 39.8 Å². The molecule has 0 aliphatic rings. The quantitative estimate of drug-likeness (QED) is 0.386. The molecule has 1 unspecified atom stereocenters. The van der Waals surface area contributed by atoms with Crippen molar-refractivity contribution in [1.29, 1.82) is 0 Å². The number of aromatic nitrogens is 1. The third kappa shape index (κ3) is 6.08. The summed E-state index contributed by atoms with van der Waals surface area (Å²) in [7, 11) is 1.41. The standard InChI is InChI=1S/C27H39NO4/c1-16-17(2)19(4)25(20(5)18(16)3)15-14-24(29)13-12-23(10-9-11-26(30)31-8)27-21(6)22(7)32-28-27/h23H,9-15H2,1-8H3. The van der Waals surface area contributed by atoms with Crippen molar-refractivity contribution in [3.8, 4) is 0 Å². The Balaban J connectivity index is 2.02. The normalized spacial score (nSPS) is 12.1. The molecule has 0 bridgehead atoms. The second-order valence-corrected chi connectivity index (χ2v) is 9.10. The molecular formula is C27H39NO4. The lowest BCUT2D eigenvalue weighted by atomic mass is 9.86. The Labute approximate surface area is 192 Å². The maximum absolute atomic E-state index is 12.8. The lowest BCUT2D eigenvalue weighted by molar-refractivity contribution is -0.140. The molecular weight excluding hydrogens is 402 g/mol. The number of nitrogens with zero attached hydrogens (tertiary/aromatic N) is 1. The van der Waals surface area contributed by atoms with Gasteiger partial charge in [0.15, 0.2) is 0 Å². The van der Waals surface area contributed by atoms with Gasteiger partial charge in [-0.3, -0.25) is 9.59 Å². The van der Waals surface area contributed by atoms with Crippen LogP contribution in [0.15, 0.2) is 4.52 Å². The van der Waals surface area contributed by atoms with E-state index in [1.165, 1.54) is 40.5 Å². The molecule has 32 heavy (non-hydrogen) atoms. The predicted octanol–water partition coefficient (Wildman–Crippen LogP) is 6.24. The molecule has 2 aromatic rings. The fourth-order valence-corrected chi connectivity index (χ4v) is 4.51. The van der Waals surface area contributed by atoms with Gasteiger partial charge in [-0.2, -0.15) is 0 Å². The Bertz CT molecular complexity index is 942. The summed E-state index contributed by atoms with van der Waals surface area (Å²) >= 11 is 0. The van der Waals surface area contributed by atoms with Crippen molar-refractivity contribution in [1.82, 2.24) is 5.16 Å². The molecule has 0 radical (unpaired) electrons. The van der Waals surface area contributed by atoms with Gasteiger partial charge in [0.1, 0.15) is 11.5 Å². The first-order valence-electron chi connectivity index (χ1n) is 11.7. The Morgan fingerprint density at radius 3 is 1.94 bits per heavy atom. The largest absolute Gasteiger partial charge is 0.469 e. The molecule has 5 nitrogen and oxygen atoms in total. The maximum atomic E-state index is 12.8. The predicted molar refractivity (Wildman–Crippen MR) is 127 cm³/mol. The number of hydrogen-bond acceptors (Lipinski definition) is 5. The van der Waals surface area contributed by atoms with Gasteiger partial charge >= 0.3 is 5.97 Å². The third-order valence-corrected chi connectivity index (χ3v) is 7.32. The van der Waals surface area contributed by atoms with Crippen LogP contribution in [0.25, 0.3) is 0 Å². The summed E-state index contributed by atoms with van der Waals surface area (Å²) in [6.45, 7) is 14.8. The average Bonchev–Trinajstić information content (AvgIpc) is 3.11. The molecule has 0 amide bonds. The van der Waals surface area contributed by atoms with Crippen LogP contribution in [0.5, 0.6) is 0 Å². The number of hydrogen-bond donors (Lipinski definition) is 0. The average molecular weight is 442 g/mol. The van der Waals surface area contributed by atoms with Crippen LogP contribution in [0.1, 0.15) is 94.8 Å². The van der Waals surface area contributed by atoms with Crippen LogP contribution in [0.4, 0.5) is 0 Å². The number of esters is 1. The van der Waals surface area contributed by atoms with Crippen molar-refractivity contribution in [2.75, 3.05) is 7.11 Å². The highest BCUT2D eigenvalue weighted by Gasteiger charge is 2.21. The van der Waals surface area contributed by atoms with Crippen molar-refractivity contribution in [3.05, 3.63) is 50.4 Å². The van der Waals surface area contributed by atoms with Crippen LogP contribution < -0.4 is 0 Å². The Morgan fingerprint density at radius 1 is 0.812 bits per heavy atom. The van der Waals surface area contributed by atoms with Crippen LogP contribution >= 0.6 is 0 Å². The molecule has 5 heteroatoms. The van der Waals surface area contributed by atoms with E-state index < -0.39 is 0 Å². The van der Waals surface area contributed by atoms with Gasteiger partial charge in [0.25, 0.3) is 0 Å². The Morgan fingerprint density at radius 2 is 1.41 bits per heavy atom. The van der Waals surface area contributed by atoms with Gasteiger partial charge in [0, 0.05) is 30.7 Å². The van der Waals surface area contributed by atoms with Crippen LogP contribution in [-0.2, 0) is 20.7 Å². The van der Waals surface area contributed by atoms with E-state index >= 15 is 0 Å². The van der Waals surface area contributed by atoms with E-state index in [0.717, 1.165) is 36.3 Å². The van der Waals surface area contributed by atoms with Crippen LogP contribution in [0.2, 0.25) is 0 Å². The summed E-state index contributed by atoms with van der Waals surface area (Å²) in [5.41, 5.74) is 9.91. The van der Waals surface area contributed by atoms with Crippen molar-refractivity contribution in [2.24, 2.45) is 0 Å². The number of ketones is 1. The molecule has 1 aromatic heterocycles. The highest BCUT2D eigenvalue weighted by Crippen LogP contribution is 2.31. The van der Waals surface area contributed by atoms with Crippen molar-refractivity contribution in [3.63, 3.8) is 0 Å². The first-order valence-corrected chi connectivity index (χ1v) is 11.7. The molecule has 0 saturated heterocycles. The van der Waals surface area contributed by atoms with Crippen LogP contribution in [-0.4, -0.2) is 24.0 Å². The van der Waals surface area contributed by atoms with Crippen molar-refractivity contribution in [2.45, 2.75) is 99.3 Å². The minimum absolute atomic E-state index is 0.105. The number of benzene rings is 1. The smallest absolute Gasteiger partial charge is 0.305 e. The molecule has 0 saturated carbocycles. The monoisotopic (exact) mass is 441 g/mol. The number of aryl methyl sites for hydroxylation is 1. The highest BCUT2D eigenvalue weighted by molar-refractivity contribution is 5.78. The number of ether oxygens (including phenoxy) is 1. The molecule has 1 heterocycles. The van der Waals surface area contributed by atoms with E-state index in [1.807, 2.05) is 13.8 Å². The van der Waals surface area contributed by atoms with Gasteiger partial charge in [-0.25, -0.2) is 0 Å². The van der Waals surface area contributed by atoms with E-state index in [1.54, 1.807) is 0 Å². The van der Waals surface area contributed by atoms with Gasteiger partial charge in [0.2, 0.25) is 0 Å². The first kappa shape index (κ1) is 25.8. The third-order valence-electron chi connectivity index (χ3n) is 7.32. The number of Topliss-reactive ketones (excluding diaryl/α,β-unsaturated/α-hetero) is 1. The highest BCUT2D eigenvalue weighted by atomic mass is 16.5. The topological polar surface area (TPSA) is 69.4 Å². The van der Waals surface area contributed by atoms with Crippen molar-refractivity contribution < 1.29 is 18.8 Å². The second-order valence-electron chi connectivity index (χ2n) is 9.10. The zero-order valence-corrected chi connectivity index (χ0v) is 21.1. The van der Waals surface area contributed by atoms with Crippen molar-refractivity contribution >= 4 is 11.8 Å². The zero-order chi connectivity index (χ0) is 24.0. The summed E-state index contributed by atoms with van der Waals surface area (Å²) in [5.74, 6) is 0.978. The molecule has 0 fully saturated rings. The van der Waals surface area contributed by atoms with Crippen LogP contribution in [0, 0.1) is 48.5 Å². The Kier molecular flexibility index (Phi) is 9.23. The number of carbonyl (C=O) groups is 2. The SMILES string of the molecule is COC(=O)CCCC(CCC(=O)CCc1c(C)c(C)c(C)c(C)c1C)c1noc(C)c1C. The summed E-state index contributed by atoms with van der Waals surface area (Å²) in [4.78, 5) is 24.3. The summed E-state index contributed by atoms with van der Waals surface area (Å²) in [5, 5.41) is 4.25. The fourth-order valence-electron chi connectivity index (χ4n) is 4.51. The number of methoxy groups -OCH3 is 1. The number of rotatable bonds is 11. The van der Waals surface area contributed by atoms with Gasteiger partial charge in [-0.1, -0.05) is 5.16 Å². The lowest BCUT2D eigenvalue weighted by Gasteiger charge is -2.19. The summed E-state index contributed by atoms with van der Waals surface area (Å²) < 4.78 is 10.1. The lowest BCUT2D eigenvalue weighted by Crippen LogP contribution is -2.09. The Hall–Kier alpha value is -2.43. The molecule has 0 spiro atoms. The molecule has 1 atom stereocenters. The first-order chi connectivity index (χ1) is 15.1. The van der Waals surface area contributed by atoms with E-state index in [0.29, 0.717) is 25.7 Å². The van der Waals surface area contributed by atoms with Gasteiger partial charge in [-0.05, 0) is 108 Å². The number of carbonyl (C=O) groups excluding carboxylic acids is 2. The van der Waals surface area contributed by atoms with Gasteiger partial charge in [-0.15, -0.1) is 0 Å². The van der Waals surface area contributed by atoms with E-state index in [9.17, 15) is 9.59 Å². The van der Waals surface area contributed by atoms with E-state index in [4.69, 9.17) is 9.26 Å². The zero-order valence-electron chi connectivity index (χ0n) is 21.1. The fraction of sp³-hybridized carbons (Fsp3) is 0.593. The molecule has 1 aromatic carbocycles. The minimum Gasteiger partial charge on any atom is -0.469 e. The maximum Gasteiger partial charge on any atom is 0.305 e.